The molecular formula is C17H17ClN2O3. The van der Waals surface area contributed by atoms with Crippen molar-refractivity contribution in [2.24, 2.45) is 0 Å². The summed E-state index contributed by atoms with van der Waals surface area (Å²) in [6, 6.07) is 10.8. The fourth-order valence-electron chi connectivity index (χ4n) is 1.99. The van der Waals surface area contributed by atoms with Gasteiger partial charge in [-0.3, -0.25) is 9.59 Å². The monoisotopic (exact) mass is 332 g/mol. The third-order valence-corrected chi connectivity index (χ3v) is 3.49. The lowest BCUT2D eigenvalue weighted by Gasteiger charge is -2.06. The molecule has 1 N–H and O–H groups in total. The van der Waals surface area contributed by atoms with Crippen LogP contribution < -0.4 is 10.1 Å². The molecule has 1 aromatic carbocycles. The number of benzene rings is 1. The highest BCUT2D eigenvalue weighted by Gasteiger charge is 2.13. The summed E-state index contributed by atoms with van der Waals surface area (Å²) >= 11 is 5.67. The van der Waals surface area contributed by atoms with Crippen LogP contribution in [0.4, 0.5) is 0 Å². The molecule has 0 spiro atoms. The van der Waals surface area contributed by atoms with E-state index in [4.69, 9.17) is 16.3 Å². The van der Waals surface area contributed by atoms with Gasteiger partial charge in [0.05, 0.1) is 7.11 Å². The lowest BCUT2D eigenvalue weighted by Crippen LogP contribution is -2.33. The van der Waals surface area contributed by atoms with Gasteiger partial charge in [-0.2, -0.15) is 0 Å². The number of aromatic nitrogens is 1. The lowest BCUT2D eigenvalue weighted by molar-refractivity contribution is -0.137. The molecule has 0 aliphatic rings. The first-order valence-electron chi connectivity index (χ1n) is 7.13. The standard InChI is InChI=1S/C17H17ClN2O3/c1-23-14-5-2-12(3-6-14)8-9-19-17(22)15(21)10-13-4-7-16(18)20-11-13/h2-7,11H,8-10H2,1H3,(H,19,22). The van der Waals surface area contributed by atoms with E-state index in [-0.39, 0.29) is 6.42 Å². The first-order valence-corrected chi connectivity index (χ1v) is 7.50. The first kappa shape index (κ1) is 17.0. The van der Waals surface area contributed by atoms with Crippen LogP contribution in [-0.4, -0.2) is 30.3 Å². The highest BCUT2D eigenvalue weighted by atomic mass is 35.5. The van der Waals surface area contributed by atoms with Gasteiger partial charge in [-0.25, -0.2) is 4.98 Å². The molecule has 23 heavy (non-hydrogen) atoms. The van der Waals surface area contributed by atoms with E-state index in [2.05, 4.69) is 10.3 Å². The summed E-state index contributed by atoms with van der Waals surface area (Å²) in [6.07, 6.45) is 2.15. The van der Waals surface area contributed by atoms with Gasteiger partial charge < -0.3 is 10.1 Å². The number of pyridine rings is 1. The van der Waals surface area contributed by atoms with Crippen LogP contribution in [0.2, 0.25) is 5.15 Å². The SMILES string of the molecule is COc1ccc(CCNC(=O)C(=O)Cc2ccc(Cl)nc2)cc1. The number of nitrogens with one attached hydrogen (secondary N) is 1. The zero-order valence-electron chi connectivity index (χ0n) is 12.7. The molecule has 2 aromatic rings. The molecule has 0 aliphatic carbocycles. The molecule has 0 atom stereocenters. The van der Waals surface area contributed by atoms with E-state index in [1.165, 1.54) is 6.20 Å². The van der Waals surface area contributed by atoms with Crippen LogP contribution in [0, 0.1) is 0 Å². The van der Waals surface area contributed by atoms with E-state index in [0.29, 0.717) is 23.7 Å². The molecule has 2 rings (SSSR count). The topological polar surface area (TPSA) is 68.3 Å². The summed E-state index contributed by atoms with van der Waals surface area (Å²) in [4.78, 5) is 27.5. The summed E-state index contributed by atoms with van der Waals surface area (Å²) in [6.45, 7) is 0.399. The second kappa shape index (κ2) is 8.29. The number of nitrogens with zero attached hydrogens (tertiary/aromatic N) is 1. The number of Topliss-reactive ketones (excluding diaryl/α,β-unsaturated/α-hetero) is 1. The van der Waals surface area contributed by atoms with Crippen LogP contribution in [0.5, 0.6) is 5.75 Å². The predicted octanol–water partition coefficient (Wildman–Crippen LogP) is 2.21. The van der Waals surface area contributed by atoms with Crippen molar-refractivity contribution < 1.29 is 14.3 Å². The zero-order chi connectivity index (χ0) is 16.7. The van der Waals surface area contributed by atoms with Crippen molar-refractivity contribution in [1.82, 2.24) is 10.3 Å². The Labute approximate surface area is 139 Å². The van der Waals surface area contributed by atoms with Crippen LogP contribution in [0.1, 0.15) is 11.1 Å². The van der Waals surface area contributed by atoms with Crippen LogP contribution in [-0.2, 0) is 22.4 Å². The number of rotatable bonds is 7. The zero-order valence-corrected chi connectivity index (χ0v) is 13.5. The van der Waals surface area contributed by atoms with Gasteiger partial charge in [0.15, 0.2) is 0 Å². The first-order chi connectivity index (χ1) is 11.1. The molecule has 0 fully saturated rings. The van der Waals surface area contributed by atoms with Crippen molar-refractivity contribution >= 4 is 23.3 Å². The van der Waals surface area contributed by atoms with E-state index < -0.39 is 11.7 Å². The second-order valence-corrected chi connectivity index (χ2v) is 5.33. The maximum Gasteiger partial charge on any atom is 0.287 e. The lowest BCUT2D eigenvalue weighted by atomic mass is 10.1. The minimum atomic E-state index is -0.589. The number of hydrogen-bond donors (Lipinski definition) is 1. The molecule has 1 aromatic heterocycles. The third kappa shape index (κ3) is 5.38. The second-order valence-electron chi connectivity index (χ2n) is 4.94. The summed E-state index contributed by atoms with van der Waals surface area (Å²) < 4.78 is 5.08. The molecule has 5 nitrogen and oxygen atoms in total. The quantitative estimate of drug-likeness (QED) is 0.623. The van der Waals surface area contributed by atoms with E-state index in [0.717, 1.165) is 11.3 Å². The number of ketones is 1. The van der Waals surface area contributed by atoms with Gasteiger partial charge in [0.2, 0.25) is 5.78 Å². The van der Waals surface area contributed by atoms with Crippen molar-refractivity contribution in [2.75, 3.05) is 13.7 Å². The fourth-order valence-corrected chi connectivity index (χ4v) is 2.10. The van der Waals surface area contributed by atoms with Crippen molar-refractivity contribution in [3.05, 3.63) is 58.9 Å². The van der Waals surface area contributed by atoms with E-state index in [1.54, 1.807) is 19.2 Å². The van der Waals surface area contributed by atoms with Crippen molar-refractivity contribution in [1.29, 1.82) is 0 Å². The molecule has 1 amide bonds. The van der Waals surface area contributed by atoms with Crippen molar-refractivity contribution in [2.45, 2.75) is 12.8 Å². The largest absolute Gasteiger partial charge is 0.497 e. The summed E-state index contributed by atoms with van der Waals surface area (Å²) in [7, 11) is 1.61. The Kier molecular flexibility index (Phi) is 6.11. The van der Waals surface area contributed by atoms with Crippen molar-refractivity contribution in [3.8, 4) is 5.75 Å². The summed E-state index contributed by atoms with van der Waals surface area (Å²) in [5.74, 6) is -0.304. The number of halogens is 1. The number of ether oxygens (including phenoxy) is 1. The molecule has 0 saturated heterocycles. The third-order valence-electron chi connectivity index (χ3n) is 3.26. The van der Waals surface area contributed by atoms with Crippen LogP contribution >= 0.6 is 11.6 Å². The normalized spacial score (nSPS) is 10.2. The predicted molar refractivity (Wildman–Crippen MR) is 87.7 cm³/mol. The molecule has 0 bridgehead atoms. The van der Waals surface area contributed by atoms with E-state index >= 15 is 0 Å². The van der Waals surface area contributed by atoms with Gasteiger partial charge in [-0.05, 0) is 35.7 Å². The maximum atomic E-state index is 11.8. The van der Waals surface area contributed by atoms with Gasteiger partial charge in [-0.1, -0.05) is 29.8 Å². The Bertz CT molecular complexity index is 669. The van der Waals surface area contributed by atoms with Gasteiger partial charge in [-0.15, -0.1) is 0 Å². The Hall–Kier alpha value is -2.40. The van der Waals surface area contributed by atoms with Crippen LogP contribution in [0.25, 0.3) is 0 Å². The van der Waals surface area contributed by atoms with E-state index in [9.17, 15) is 9.59 Å². The number of carbonyl (C=O) groups is 2. The summed E-state index contributed by atoms with van der Waals surface area (Å²) in [5, 5.41) is 2.98. The fraction of sp³-hybridized carbons (Fsp3) is 0.235. The molecule has 120 valence electrons. The average molecular weight is 333 g/mol. The highest BCUT2D eigenvalue weighted by molar-refractivity contribution is 6.36. The molecule has 0 aliphatic heterocycles. The smallest absolute Gasteiger partial charge is 0.287 e. The Balaban J connectivity index is 1.77. The number of amides is 1. The molecule has 0 unspecified atom stereocenters. The Morgan fingerprint density at radius 3 is 2.43 bits per heavy atom. The average Bonchev–Trinajstić information content (AvgIpc) is 2.57. The van der Waals surface area contributed by atoms with Gasteiger partial charge in [0.1, 0.15) is 10.9 Å². The molecular weight excluding hydrogens is 316 g/mol. The van der Waals surface area contributed by atoms with E-state index in [1.807, 2.05) is 24.3 Å². The Morgan fingerprint density at radius 2 is 1.83 bits per heavy atom. The maximum absolute atomic E-state index is 11.8. The summed E-state index contributed by atoms with van der Waals surface area (Å²) in [5.41, 5.74) is 1.71. The van der Waals surface area contributed by atoms with Crippen LogP contribution in [0.15, 0.2) is 42.6 Å². The minimum absolute atomic E-state index is 0.0124. The number of methoxy groups -OCH3 is 1. The Morgan fingerprint density at radius 1 is 1.13 bits per heavy atom. The minimum Gasteiger partial charge on any atom is -0.497 e. The van der Waals surface area contributed by atoms with Gasteiger partial charge >= 0.3 is 0 Å². The van der Waals surface area contributed by atoms with Crippen LogP contribution in [0.3, 0.4) is 0 Å². The molecule has 1 heterocycles. The molecule has 0 radical (unpaired) electrons. The molecule has 6 heteroatoms. The van der Waals surface area contributed by atoms with Gasteiger partial charge in [0, 0.05) is 19.2 Å². The van der Waals surface area contributed by atoms with Crippen molar-refractivity contribution in [3.63, 3.8) is 0 Å². The highest BCUT2D eigenvalue weighted by Crippen LogP contribution is 2.11. The molecule has 0 saturated carbocycles. The van der Waals surface area contributed by atoms with Gasteiger partial charge in [0.25, 0.3) is 5.91 Å². The number of carbonyl (C=O) groups excluding carboxylic acids is 2. The number of hydrogen-bond acceptors (Lipinski definition) is 4.